The first kappa shape index (κ1) is 18.4. The Bertz CT molecular complexity index is 435. The Hall–Kier alpha value is -1.59. The molecule has 0 saturated heterocycles. The average Bonchev–Trinajstić information content (AvgIpc) is 2.38. The van der Waals surface area contributed by atoms with Gasteiger partial charge in [0, 0.05) is 20.0 Å². The summed E-state index contributed by atoms with van der Waals surface area (Å²) in [5.74, 6) is -0.291. The van der Waals surface area contributed by atoms with Gasteiger partial charge < -0.3 is 16.4 Å². The highest BCUT2D eigenvalue weighted by molar-refractivity contribution is 5.87. The summed E-state index contributed by atoms with van der Waals surface area (Å²) in [5.41, 5.74) is 5.79. The van der Waals surface area contributed by atoms with Crippen molar-refractivity contribution in [2.75, 3.05) is 13.1 Å². The van der Waals surface area contributed by atoms with Crippen LogP contribution in [-0.4, -0.2) is 24.9 Å². The number of carbonyl (C=O) groups excluding carboxylic acids is 2. The van der Waals surface area contributed by atoms with E-state index in [9.17, 15) is 9.59 Å². The van der Waals surface area contributed by atoms with E-state index in [-0.39, 0.29) is 24.2 Å². The highest BCUT2D eigenvalue weighted by Gasteiger charge is 2.29. The van der Waals surface area contributed by atoms with E-state index in [2.05, 4.69) is 10.6 Å². The summed E-state index contributed by atoms with van der Waals surface area (Å²) >= 11 is 0. The van der Waals surface area contributed by atoms with Gasteiger partial charge in [0.05, 0.1) is 0 Å². The molecule has 1 aromatic rings. The number of nitrogens with one attached hydrogen (secondary N) is 2. The number of carbonyl (C=O) groups is 2. The topological polar surface area (TPSA) is 84.2 Å². The SMILES string of the molecule is CC(=O)NCCCNC(=O)C(C)(N)c1ccccc1.Cl. The summed E-state index contributed by atoms with van der Waals surface area (Å²) in [6, 6.07) is 9.24. The van der Waals surface area contributed by atoms with Crippen molar-refractivity contribution in [3.8, 4) is 0 Å². The summed E-state index contributed by atoms with van der Waals surface area (Å²) in [6.45, 7) is 4.18. The Morgan fingerprint density at radius 3 is 2.25 bits per heavy atom. The molecule has 0 aliphatic heterocycles. The molecule has 0 fully saturated rings. The van der Waals surface area contributed by atoms with Crippen molar-refractivity contribution in [2.45, 2.75) is 25.8 Å². The van der Waals surface area contributed by atoms with E-state index in [4.69, 9.17) is 5.73 Å². The van der Waals surface area contributed by atoms with Crippen LogP contribution in [0.15, 0.2) is 30.3 Å². The fourth-order valence-corrected chi connectivity index (χ4v) is 1.65. The second kappa shape index (κ2) is 8.55. The molecule has 0 aromatic heterocycles. The van der Waals surface area contributed by atoms with Crippen LogP contribution in [-0.2, 0) is 15.1 Å². The van der Waals surface area contributed by atoms with Gasteiger partial charge in [-0.25, -0.2) is 0 Å². The van der Waals surface area contributed by atoms with Gasteiger partial charge in [-0.1, -0.05) is 30.3 Å². The molecule has 0 aliphatic rings. The number of amides is 2. The Labute approximate surface area is 125 Å². The van der Waals surface area contributed by atoms with Crippen molar-refractivity contribution in [1.82, 2.24) is 10.6 Å². The zero-order chi connectivity index (χ0) is 14.3. The minimum absolute atomic E-state index is 0. The minimum atomic E-state index is -1.05. The third-order valence-electron chi connectivity index (χ3n) is 2.86. The van der Waals surface area contributed by atoms with Crippen LogP contribution in [0.2, 0.25) is 0 Å². The molecular weight excluding hydrogens is 278 g/mol. The maximum Gasteiger partial charge on any atom is 0.244 e. The molecule has 1 rings (SSSR count). The molecule has 0 heterocycles. The molecular formula is C14H22ClN3O2. The second-order valence-corrected chi connectivity index (χ2v) is 4.66. The maximum absolute atomic E-state index is 12.0. The Morgan fingerprint density at radius 1 is 1.15 bits per heavy atom. The predicted octanol–water partition coefficient (Wildman–Crippen LogP) is 0.925. The Kier molecular flexibility index (Phi) is 7.87. The first-order valence-corrected chi connectivity index (χ1v) is 6.31. The first-order valence-electron chi connectivity index (χ1n) is 6.31. The minimum Gasteiger partial charge on any atom is -0.356 e. The summed E-state index contributed by atoms with van der Waals surface area (Å²) in [7, 11) is 0. The van der Waals surface area contributed by atoms with Crippen molar-refractivity contribution >= 4 is 24.2 Å². The Balaban J connectivity index is 0.00000361. The van der Waals surface area contributed by atoms with Crippen molar-refractivity contribution in [3.63, 3.8) is 0 Å². The van der Waals surface area contributed by atoms with Gasteiger partial charge in [-0.15, -0.1) is 12.4 Å². The lowest BCUT2D eigenvalue weighted by atomic mass is 9.92. The largest absolute Gasteiger partial charge is 0.356 e. The van der Waals surface area contributed by atoms with Crippen molar-refractivity contribution in [2.24, 2.45) is 5.73 Å². The number of halogens is 1. The van der Waals surface area contributed by atoms with Gasteiger partial charge in [-0.05, 0) is 18.9 Å². The number of nitrogens with two attached hydrogens (primary N) is 1. The summed E-state index contributed by atoms with van der Waals surface area (Å²) in [4.78, 5) is 22.7. The van der Waals surface area contributed by atoms with E-state index in [1.807, 2.05) is 30.3 Å². The van der Waals surface area contributed by atoms with E-state index in [0.29, 0.717) is 19.5 Å². The molecule has 1 unspecified atom stereocenters. The molecule has 6 heteroatoms. The fraction of sp³-hybridized carbons (Fsp3) is 0.429. The second-order valence-electron chi connectivity index (χ2n) is 4.66. The van der Waals surface area contributed by atoms with E-state index >= 15 is 0 Å². The lowest BCUT2D eigenvalue weighted by Crippen LogP contribution is -2.49. The third-order valence-corrected chi connectivity index (χ3v) is 2.86. The van der Waals surface area contributed by atoms with Crippen LogP contribution >= 0.6 is 12.4 Å². The number of hydrogen-bond donors (Lipinski definition) is 3. The Morgan fingerprint density at radius 2 is 1.70 bits per heavy atom. The molecule has 0 radical (unpaired) electrons. The van der Waals surface area contributed by atoms with Crippen LogP contribution in [0.3, 0.4) is 0 Å². The van der Waals surface area contributed by atoms with Crippen LogP contribution in [0.25, 0.3) is 0 Å². The van der Waals surface area contributed by atoms with Gasteiger partial charge in [0.2, 0.25) is 11.8 Å². The lowest BCUT2D eigenvalue weighted by molar-refractivity contribution is -0.126. The molecule has 0 spiro atoms. The van der Waals surface area contributed by atoms with E-state index in [0.717, 1.165) is 5.56 Å². The van der Waals surface area contributed by atoms with E-state index in [1.54, 1.807) is 6.92 Å². The van der Waals surface area contributed by atoms with Crippen molar-refractivity contribution in [3.05, 3.63) is 35.9 Å². The van der Waals surface area contributed by atoms with Gasteiger partial charge in [0.25, 0.3) is 0 Å². The molecule has 0 bridgehead atoms. The zero-order valence-electron chi connectivity index (χ0n) is 11.8. The van der Waals surface area contributed by atoms with Gasteiger partial charge in [0.1, 0.15) is 5.54 Å². The van der Waals surface area contributed by atoms with Crippen LogP contribution < -0.4 is 16.4 Å². The van der Waals surface area contributed by atoms with E-state index in [1.165, 1.54) is 6.92 Å². The average molecular weight is 300 g/mol. The van der Waals surface area contributed by atoms with Gasteiger partial charge in [0.15, 0.2) is 0 Å². The highest BCUT2D eigenvalue weighted by Crippen LogP contribution is 2.17. The molecule has 4 N–H and O–H groups in total. The van der Waals surface area contributed by atoms with Gasteiger partial charge in [-0.2, -0.15) is 0 Å². The molecule has 0 aliphatic carbocycles. The van der Waals surface area contributed by atoms with Crippen LogP contribution in [0.5, 0.6) is 0 Å². The first-order chi connectivity index (χ1) is 8.94. The monoisotopic (exact) mass is 299 g/mol. The number of hydrogen-bond acceptors (Lipinski definition) is 3. The molecule has 2 amide bonds. The summed E-state index contributed by atoms with van der Waals surface area (Å²) < 4.78 is 0. The van der Waals surface area contributed by atoms with Crippen LogP contribution in [0.1, 0.15) is 25.8 Å². The number of rotatable bonds is 6. The number of benzene rings is 1. The normalized spacial score (nSPS) is 12.8. The lowest BCUT2D eigenvalue weighted by Gasteiger charge is -2.24. The molecule has 20 heavy (non-hydrogen) atoms. The van der Waals surface area contributed by atoms with Crippen LogP contribution in [0, 0.1) is 0 Å². The molecule has 1 aromatic carbocycles. The van der Waals surface area contributed by atoms with Crippen LogP contribution in [0.4, 0.5) is 0 Å². The predicted molar refractivity (Wildman–Crippen MR) is 81.5 cm³/mol. The molecule has 112 valence electrons. The van der Waals surface area contributed by atoms with Crippen molar-refractivity contribution < 1.29 is 9.59 Å². The summed E-state index contributed by atoms with van der Waals surface area (Å²) in [6.07, 6.45) is 0.677. The zero-order valence-corrected chi connectivity index (χ0v) is 12.6. The molecule has 1 atom stereocenters. The maximum atomic E-state index is 12.0. The summed E-state index contributed by atoms with van der Waals surface area (Å²) in [5, 5.41) is 5.45. The van der Waals surface area contributed by atoms with Crippen molar-refractivity contribution in [1.29, 1.82) is 0 Å². The van der Waals surface area contributed by atoms with E-state index < -0.39 is 5.54 Å². The highest BCUT2D eigenvalue weighted by atomic mass is 35.5. The van der Waals surface area contributed by atoms with Gasteiger partial charge >= 0.3 is 0 Å². The quantitative estimate of drug-likeness (QED) is 0.683. The third kappa shape index (κ3) is 5.59. The fourth-order valence-electron chi connectivity index (χ4n) is 1.65. The molecule has 0 saturated carbocycles. The smallest absolute Gasteiger partial charge is 0.244 e. The molecule has 5 nitrogen and oxygen atoms in total. The van der Waals surface area contributed by atoms with Gasteiger partial charge in [-0.3, -0.25) is 9.59 Å². The standard InChI is InChI=1S/C14H21N3O2.ClH/c1-11(18)16-9-6-10-17-13(19)14(2,15)12-7-4-3-5-8-12;/h3-5,7-8H,6,9-10,15H2,1-2H3,(H,16,18)(H,17,19);1H.